The maximum absolute atomic E-state index is 13.5. The quantitative estimate of drug-likeness (QED) is 0.287. The molecule has 28 heavy (non-hydrogen) atoms. The molecule has 0 fully saturated rings. The van der Waals surface area contributed by atoms with Crippen molar-refractivity contribution in [2.45, 2.75) is 58.3 Å². The zero-order valence-corrected chi connectivity index (χ0v) is 16.1. The second kappa shape index (κ2) is 11.7. The zero-order valence-electron chi connectivity index (χ0n) is 16.1. The molecule has 0 atom stereocenters. The van der Waals surface area contributed by atoms with E-state index < -0.39 is 12.0 Å². The van der Waals surface area contributed by atoms with Crippen molar-refractivity contribution in [1.82, 2.24) is 4.98 Å². The van der Waals surface area contributed by atoms with Gasteiger partial charge in [0.05, 0.1) is 5.56 Å². The highest BCUT2D eigenvalue weighted by Crippen LogP contribution is 2.18. The number of carbonyl (C=O) groups excluding carboxylic acids is 1. The van der Waals surface area contributed by atoms with E-state index in [2.05, 4.69) is 11.9 Å². The molecule has 0 aliphatic heterocycles. The lowest BCUT2D eigenvalue weighted by atomic mass is 10.1. The molecular weight excluding hydrogens is 359 g/mol. The van der Waals surface area contributed by atoms with Crippen LogP contribution in [0.4, 0.5) is 9.18 Å². The lowest BCUT2D eigenvalue weighted by Crippen LogP contribution is -2.14. The first-order valence-electron chi connectivity index (χ1n) is 9.66. The maximum Gasteiger partial charge on any atom is 0.520 e. The minimum Gasteiger partial charge on any atom is -0.395 e. The smallest absolute Gasteiger partial charge is 0.395 e. The van der Waals surface area contributed by atoms with E-state index in [1.807, 2.05) is 6.07 Å². The van der Waals surface area contributed by atoms with Crippen LogP contribution in [-0.4, -0.2) is 11.1 Å². The Morgan fingerprint density at radius 2 is 1.82 bits per heavy atom. The van der Waals surface area contributed by atoms with Crippen LogP contribution >= 0.6 is 0 Å². The third kappa shape index (κ3) is 7.36. The Labute approximate surface area is 165 Å². The molecule has 148 valence electrons. The summed E-state index contributed by atoms with van der Waals surface area (Å²) in [4.78, 5) is 15.9. The first kappa shape index (κ1) is 21.4. The number of benzene rings is 1. The maximum atomic E-state index is 13.5. The van der Waals surface area contributed by atoms with Gasteiger partial charge in [-0.1, -0.05) is 51.5 Å². The average Bonchev–Trinajstić information content (AvgIpc) is 2.68. The van der Waals surface area contributed by atoms with Crippen molar-refractivity contribution in [1.29, 1.82) is 5.26 Å². The molecule has 0 aliphatic rings. The fourth-order valence-electron chi connectivity index (χ4n) is 2.76. The van der Waals surface area contributed by atoms with Crippen molar-refractivity contribution < 1.29 is 18.7 Å². The molecule has 0 amide bonds. The van der Waals surface area contributed by atoms with Crippen molar-refractivity contribution >= 4 is 6.16 Å². The van der Waals surface area contributed by atoms with E-state index >= 15 is 0 Å². The highest BCUT2D eigenvalue weighted by atomic mass is 19.1. The summed E-state index contributed by atoms with van der Waals surface area (Å²) in [5, 5.41) is 8.69. The summed E-state index contributed by atoms with van der Waals surface area (Å²) >= 11 is 0. The van der Waals surface area contributed by atoms with Crippen LogP contribution in [0.1, 0.15) is 63.0 Å². The van der Waals surface area contributed by atoms with Gasteiger partial charge in [-0.2, -0.15) is 5.26 Å². The number of hydrogen-bond donors (Lipinski definition) is 0. The predicted octanol–water partition coefficient (Wildman–Crippen LogP) is 5.96. The molecule has 0 N–H and O–H groups in total. The summed E-state index contributed by atoms with van der Waals surface area (Å²) in [5.41, 5.74) is 0.961. The third-order valence-corrected chi connectivity index (χ3v) is 4.32. The molecule has 0 unspecified atom stereocenters. The van der Waals surface area contributed by atoms with Gasteiger partial charge in [0.25, 0.3) is 0 Å². The molecule has 2 rings (SSSR count). The summed E-state index contributed by atoms with van der Waals surface area (Å²) in [6, 6.07) is 8.68. The van der Waals surface area contributed by atoms with Crippen LogP contribution in [0.25, 0.3) is 0 Å². The molecule has 0 spiro atoms. The fraction of sp³-hybridized carbons (Fsp3) is 0.409. The van der Waals surface area contributed by atoms with Crippen LogP contribution in [0, 0.1) is 17.1 Å². The lowest BCUT2D eigenvalue weighted by molar-refractivity contribution is 0.150. The van der Waals surface area contributed by atoms with Gasteiger partial charge in [-0.15, -0.1) is 0 Å². The van der Waals surface area contributed by atoms with Crippen LogP contribution in [0.5, 0.6) is 11.6 Å². The molecule has 2 aromatic rings. The summed E-state index contributed by atoms with van der Waals surface area (Å²) in [6.45, 7) is 2.22. The number of pyridine rings is 1. The number of ether oxygens (including phenoxy) is 2. The van der Waals surface area contributed by atoms with Crippen LogP contribution in [0.3, 0.4) is 0 Å². The number of carbonyl (C=O) groups is 1. The number of halogens is 1. The molecule has 0 saturated carbocycles. The van der Waals surface area contributed by atoms with Crippen LogP contribution in [0.15, 0.2) is 36.5 Å². The molecule has 6 heteroatoms. The van der Waals surface area contributed by atoms with Crippen molar-refractivity contribution in [3.05, 3.63) is 53.5 Å². The molecule has 5 nitrogen and oxygen atoms in total. The van der Waals surface area contributed by atoms with E-state index in [9.17, 15) is 9.18 Å². The zero-order chi connectivity index (χ0) is 20.2. The predicted molar refractivity (Wildman–Crippen MR) is 104 cm³/mol. The van der Waals surface area contributed by atoms with Crippen LogP contribution < -0.4 is 9.47 Å². The van der Waals surface area contributed by atoms with Gasteiger partial charge >= 0.3 is 6.16 Å². The van der Waals surface area contributed by atoms with Gasteiger partial charge in [0.15, 0.2) is 0 Å². The van der Waals surface area contributed by atoms with Crippen molar-refractivity contribution in [3.63, 3.8) is 0 Å². The van der Waals surface area contributed by atoms with E-state index in [-0.39, 0.29) is 17.2 Å². The normalized spacial score (nSPS) is 10.3. The number of nitrogens with zero attached hydrogens (tertiary/aromatic N) is 2. The summed E-state index contributed by atoms with van der Waals surface area (Å²) in [6.07, 6.45) is 10.4. The Kier molecular flexibility index (Phi) is 8.93. The Morgan fingerprint density at radius 1 is 1.07 bits per heavy atom. The SMILES string of the molecule is CCCCCCCCCc1ccc(OC(=O)Oc2ccc(C#N)c(F)c2)nc1. The standard InChI is InChI=1S/C22H25FN2O3/c1-2-3-4-5-6-7-8-9-17-10-13-21(25-16-17)28-22(26)27-19-12-11-18(15-24)20(23)14-19/h10-14,16H,2-9H2,1H3. The van der Waals surface area contributed by atoms with Gasteiger partial charge in [0.1, 0.15) is 17.6 Å². The Bertz CT molecular complexity index is 800. The minimum atomic E-state index is -1.02. The van der Waals surface area contributed by atoms with Crippen LogP contribution in [-0.2, 0) is 6.42 Å². The fourth-order valence-corrected chi connectivity index (χ4v) is 2.76. The Morgan fingerprint density at radius 3 is 2.46 bits per heavy atom. The highest BCUT2D eigenvalue weighted by Gasteiger charge is 2.11. The van der Waals surface area contributed by atoms with Crippen LogP contribution in [0.2, 0.25) is 0 Å². The second-order valence-corrected chi connectivity index (χ2v) is 6.58. The van der Waals surface area contributed by atoms with Gasteiger partial charge in [0.2, 0.25) is 5.88 Å². The van der Waals surface area contributed by atoms with Gasteiger partial charge in [-0.25, -0.2) is 14.2 Å². The van der Waals surface area contributed by atoms with Gasteiger partial charge in [0, 0.05) is 18.3 Å². The van der Waals surface area contributed by atoms with E-state index in [4.69, 9.17) is 14.7 Å². The number of nitriles is 1. The number of aryl methyl sites for hydroxylation is 1. The van der Waals surface area contributed by atoms with E-state index in [1.165, 1.54) is 50.7 Å². The average molecular weight is 384 g/mol. The number of hydrogen-bond acceptors (Lipinski definition) is 5. The molecular formula is C22H25FN2O3. The molecule has 0 radical (unpaired) electrons. The summed E-state index contributed by atoms with van der Waals surface area (Å²) in [7, 11) is 0. The molecule has 0 aliphatic carbocycles. The lowest BCUT2D eigenvalue weighted by Gasteiger charge is -2.06. The number of unbranched alkanes of at least 4 members (excludes halogenated alkanes) is 6. The Balaban J connectivity index is 1.73. The second-order valence-electron chi connectivity index (χ2n) is 6.58. The summed E-state index contributed by atoms with van der Waals surface area (Å²) in [5.74, 6) is -0.694. The molecule has 1 heterocycles. The van der Waals surface area contributed by atoms with E-state index in [1.54, 1.807) is 18.3 Å². The largest absolute Gasteiger partial charge is 0.520 e. The first-order chi connectivity index (χ1) is 13.6. The molecule has 0 bridgehead atoms. The minimum absolute atomic E-state index is 0.0444. The number of aromatic nitrogens is 1. The summed E-state index contributed by atoms with van der Waals surface area (Å²) < 4.78 is 23.4. The highest BCUT2D eigenvalue weighted by molar-refractivity contribution is 5.66. The van der Waals surface area contributed by atoms with Gasteiger partial charge in [-0.05, 0) is 30.5 Å². The first-order valence-corrected chi connectivity index (χ1v) is 9.66. The van der Waals surface area contributed by atoms with Crippen molar-refractivity contribution in [3.8, 4) is 17.7 Å². The van der Waals surface area contributed by atoms with E-state index in [0.717, 1.165) is 24.5 Å². The van der Waals surface area contributed by atoms with Crippen molar-refractivity contribution in [2.75, 3.05) is 0 Å². The molecule has 0 saturated heterocycles. The monoisotopic (exact) mass is 384 g/mol. The van der Waals surface area contributed by atoms with Gasteiger partial charge in [-0.3, -0.25) is 0 Å². The van der Waals surface area contributed by atoms with Crippen molar-refractivity contribution in [2.24, 2.45) is 0 Å². The molecule has 1 aromatic carbocycles. The van der Waals surface area contributed by atoms with Gasteiger partial charge < -0.3 is 9.47 Å². The topological polar surface area (TPSA) is 72.2 Å². The third-order valence-electron chi connectivity index (χ3n) is 4.32. The Hall–Kier alpha value is -2.94. The number of rotatable bonds is 10. The molecule has 1 aromatic heterocycles. The van der Waals surface area contributed by atoms with E-state index in [0.29, 0.717) is 0 Å².